The smallest absolute Gasteiger partial charge is 0.277 e. The van der Waals surface area contributed by atoms with E-state index in [1.807, 2.05) is 32.8 Å². The lowest BCUT2D eigenvalue weighted by Gasteiger charge is -2.19. The summed E-state index contributed by atoms with van der Waals surface area (Å²) in [5.41, 5.74) is 1.52. The zero-order valence-electron chi connectivity index (χ0n) is 15.4. The van der Waals surface area contributed by atoms with Gasteiger partial charge in [0, 0.05) is 27.3 Å². The van der Waals surface area contributed by atoms with Crippen molar-refractivity contribution in [2.75, 3.05) is 37.5 Å². The van der Waals surface area contributed by atoms with E-state index in [-0.39, 0.29) is 11.6 Å². The molecule has 0 saturated carbocycles. The van der Waals surface area contributed by atoms with Gasteiger partial charge in [-0.25, -0.2) is 4.68 Å². The Labute approximate surface area is 158 Å². The summed E-state index contributed by atoms with van der Waals surface area (Å²) < 4.78 is 12.5. The number of ether oxygens (including phenoxy) is 2. The monoisotopic (exact) mass is 381 g/mol. The summed E-state index contributed by atoms with van der Waals surface area (Å²) >= 11 is 6.22. The highest BCUT2D eigenvalue weighted by atomic mass is 35.5. The Morgan fingerprint density at radius 3 is 2.62 bits per heavy atom. The van der Waals surface area contributed by atoms with Gasteiger partial charge in [-0.05, 0) is 26.0 Å². The van der Waals surface area contributed by atoms with Crippen LogP contribution in [0.3, 0.4) is 0 Å². The highest BCUT2D eigenvalue weighted by Gasteiger charge is 2.17. The van der Waals surface area contributed by atoms with Crippen molar-refractivity contribution in [1.29, 1.82) is 0 Å². The average Bonchev–Trinajstić information content (AvgIpc) is 3.03. The van der Waals surface area contributed by atoms with Crippen molar-refractivity contribution in [3.63, 3.8) is 0 Å². The van der Waals surface area contributed by atoms with Gasteiger partial charge < -0.3 is 19.7 Å². The van der Waals surface area contributed by atoms with Gasteiger partial charge in [0.15, 0.2) is 12.0 Å². The molecule has 1 aromatic heterocycles. The Morgan fingerprint density at radius 1 is 1.31 bits per heavy atom. The molecule has 26 heavy (non-hydrogen) atoms. The summed E-state index contributed by atoms with van der Waals surface area (Å²) in [6, 6.07) is 5.32. The highest BCUT2D eigenvalue weighted by molar-refractivity contribution is 6.34. The molecule has 0 atom stereocenters. The maximum Gasteiger partial charge on any atom is 0.277 e. The molecule has 1 heterocycles. The number of anilines is 2. The van der Waals surface area contributed by atoms with Crippen molar-refractivity contribution in [2.45, 2.75) is 26.7 Å². The number of nitrogens with one attached hydrogen (secondary N) is 1. The molecule has 0 unspecified atom stereocenters. The van der Waals surface area contributed by atoms with Crippen LogP contribution in [0.2, 0.25) is 5.02 Å². The van der Waals surface area contributed by atoms with E-state index < -0.39 is 6.29 Å². The summed E-state index contributed by atoms with van der Waals surface area (Å²) in [6.45, 7) is 5.17. The number of para-hydroxylation sites is 1. The van der Waals surface area contributed by atoms with Gasteiger partial charge in [0.1, 0.15) is 0 Å². The topological polar surface area (TPSA) is 81.5 Å². The fraction of sp³-hybridized carbons (Fsp3) is 0.471. The van der Waals surface area contributed by atoms with Crippen molar-refractivity contribution >= 4 is 28.9 Å². The molecule has 0 radical (unpaired) electrons. The minimum atomic E-state index is -0.434. The third-order valence-corrected chi connectivity index (χ3v) is 3.80. The molecular weight excluding hydrogens is 358 g/mol. The van der Waals surface area contributed by atoms with Gasteiger partial charge in [0.05, 0.1) is 29.1 Å². The lowest BCUT2D eigenvalue weighted by molar-refractivity contribution is -0.145. The van der Waals surface area contributed by atoms with E-state index in [2.05, 4.69) is 15.6 Å². The molecule has 0 saturated heterocycles. The Morgan fingerprint density at radius 2 is 2.00 bits per heavy atom. The van der Waals surface area contributed by atoms with Crippen LogP contribution < -0.4 is 10.2 Å². The van der Waals surface area contributed by atoms with Gasteiger partial charge >= 0.3 is 0 Å². The number of hydrogen-bond acceptors (Lipinski definition) is 6. The SMILES string of the molecule is CCOC(Cn1cc(C(=O)Nc2cccc(Cl)c2N(C)C)nn1)OCC. The van der Waals surface area contributed by atoms with Crippen molar-refractivity contribution < 1.29 is 14.3 Å². The fourth-order valence-electron chi connectivity index (χ4n) is 2.43. The Balaban J connectivity index is 2.10. The molecule has 9 heteroatoms. The number of carbonyl (C=O) groups excluding carboxylic acids is 1. The van der Waals surface area contributed by atoms with Crippen LogP contribution >= 0.6 is 11.6 Å². The lowest BCUT2D eigenvalue weighted by atomic mass is 10.2. The van der Waals surface area contributed by atoms with E-state index in [1.54, 1.807) is 24.4 Å². The maximum absolute atomic E-state index is 12.5. The third kappa shape index (κ3) is 5.17. The molecule has 2 rings (SSSR count). The second-order valence-corrected chi connectivity index (χ2v) is 6.06. The van der Waals surface area contributed by atoms with Crippen molar-refractivity contribution in [3.05, 3.63) is 35.1 Å². The van der Waals surface area contributed by atoms with Gasteiger partial charge in [-0.15, -0.1) is 5.10 Å². The normalized spacial score (nSPS) is 11.0. The summed E-state index contributed by atoms with van der Waals surface area (Å²) in [7, 11) is 3.71. The molecule has 1 N–H and O–H groups in total. The average molecular weight is 382 g/mol. The molecule has 0 aliphatic carbocycles. The summed E-state index contributed by atoms with van der Waals surface area (Å²) in [6.07, 6.45) is 1.12. The van der Waals surface area contributed by atoms with Crippen LogP contribution in [0.15, 0.2) is 24.4 Å². The van der Waals surface area contributed by atoms with Gasteiger partial charge in [-0.3, -0.25) is 4.79 Å². The first kappa shape index (κ1) is 20.2. The summed E-state index contributed by atoms with van der Waals surface area (Å²) in [5.74, 6) is -0.369. The second-order valence-electron chi connectivity index (χ2n) is 5.65. The predicted octanol–water partition coefficient (Wildman–Crippen LogP) is 2.65. The van der Waals surface area contributed by atoms with E-state index in [9.17, 15) is 4.79 Å². The third-order valence-electron chi connectivity index (χ3n) is 3.49. The molecule has 142 valence electrons. The number of hydrogen-bond donors (Lipinski definition) is 1. The lowest BCUT2D eigenvalue weighted by Crippen LogP contribution is -2.24. The van der Waals surface area contributed by atoms with Crippen LogP contribution in [-0.4, -0.2) is 54.5 Å². The molecule has 0 bridgehead atoms. The molecule has 0 aliphatic heterocycles. The van der Waals surface area contributed by atoms with Crippen LogP contribution in [0.4, 0.5) is 11.4 Å². The number of nitrogens with zero attached hydrogens (tertiary/aromatic N) is 4. The van der Waals surface area contributed by atoms with Crippen LogP contribution in [-0.2, 0) is 16.0 Å². The molecule has 1 amide bonds. The van der Waals surface area contributed by atoms with Crippen LogP contribution in [0, 0.1) is 0 Å². The maximum atomic E-state index is 12.5. The van der Waals surface area contributed by atoms with Crippen molar-refractivity contribution in [1.82, 2.24) is 15.0 Å². The molecule has 0 fully saturated rings. The molecular formula is C17H24ClN5O3. The fourth-order valence-corrected chi connectivity index (χ4v) is 2.77. The minimum absolute atomic E-state index is 0.196. The number of rotatable bonds is 9. The summed E-state index contributed by atoms with van der Waals surface area (Å²) in [4.78, 5) is 14.3. The van der Waals surface area contributed by atoms with Gasteiger partial charge in [-0.2, -0.15) is 0 Å². The van der Waals surface area contributed by atoms with Gasteiger partial charge in [0.2, 0.25) is 0 Å². The Bertz CT molecular complexity index is 729. The van der Waals surface area contributed by atoms with Crippen LogP contribution in [0.5, 0.6) is 0 Å². The number of carbonyl (C=O) groups is 1. The first-order valence-electron chi connectivity index (χ1n) is 8.36. The van der Waals surface area contributed by atoms with E-state index in [0.29, 0.717) is 30.5 Å². The molecule has 0 spiro atoms. The largest absolute Gasteiger partial charge is 0.375 e. The van der Waals surface area contributed by atoms with Crippen LogP contribution in [0.25, 0.3) is 0 Å². The molecule has 0 aliphatic rings. The quantitative estimate of drug-likeness (QED) is 0.672. The first-order valence-corrected chi connectivity index (χ1v) is 8.74. The Hall–Kier alpha value is -2.16. The second kappa shape index (κ2) is 9.51. The molecule has 2 aromatic rings. The van der Waals surface area contributed by atoms with Gasteiger partial charge in [0.25, 0.3) is 5.91 Å². The standard InChI is InChI=1S/C17H24ClN5O3/c1-5-25-15(26-6-2)11-23-10-14(20-21-23)17(24)19-13-9-7-8-12(18)16(13)22(3)4/h7-10,15H,5-6,11H2,1-4H3,(H,19,24). The molecule has 8 nitrogen and oxygen atoms in total. The van der Waals surface area contributed by atoms with E-state index in [1.165, 1.54) is 4.68 Å². The zero-order chi connectivity index (χ0) is 19.1. The number of halogens is 1. The highest BCUT2D eigenvalue weighted by Crippen LogP contribution is 2.32. The zero-order valence-corrected chi connectivity index (χ0v) is 16.2. The van der Waals surface area contributed by atoms with E-state index in [0.717, 1.165) is 5.69 Å². The summed E-state index contributed by atoms with van der Waals surface area (Å²) in [5, 5.41) is 11.3. The minimum Gasteiger partial charge on any atom is -0.375 e. The van der Waals surface area contributed by atoms with E-state index >= 15 is 0 Å². The number of aromatic nitrogens is 3. The number of amides is 1. The van der Waals surface area contributed by atoms with Crippen molar-refractivity contribution in [2.24, 2.45) is 0 Å². The van der Waals surface area contributed by atoms with Gasteiger partial charge in [-0.1, -0.05) is 22.9 Å². The van der Waals surface area contributed by atoms with E-state index in [4.69, 9.17) is 21.1 Å². The molecule has 1 aromatic carbocycles. The number of benzene rings is 1. The first-order chi connectivity index (χ1) is 12.5. The predicted molar refractivity (Wildman–Crippen MR) is 101 cm³/mol. The Kier molecular flexibility index (Phi) is 7.38. The van der Waals surface area contributed by atoms with Crippen molar-refractivity contribution in [3.8, 4) is 0 Å². The van der Waals surface area contributed by atoms with Crippen LogP contribution in [0.1, 0.15) is 24.3 Å².